The van der Waals surface area contributed by atoms with E-state index in [4.69, 9.17) is 13.9 Å². The second-order valence-corrected chi connectivity index (χ2v) is 4.95. The highest BCUT2D eigenvalue weighted by Gasteiger charge is 2.19. The molecule has 0 fully saturated rings. The second-order valence-electron chi connectivity index (χ2n) is 4.95. The summed E-state index contributed by atoms with van der Waals surface area (Å²) in [5, 5.41) is 2.79. The van der Waals surface area contributed by atoms with E-state index in [1.165, 1.54) is 6.39 Å². The van der Waals surface area contributed by atoms with Crippen molar-refractivity contribution in [2.75, 3.05) is 19.5 Å². The van der Waals surface area contributed by atoms with Crippen LogP contribution < -0.4 is 14.8 Å². The van der Waals surface area contributed by atoms with Crippen LogP contribution in [0.3, 0.4) is 0 Å². The minimum absolute atomic E-state index is 0.200. The van der Waals surface area contributed by atoms with Gasteiger partial charge >= 0.3 is 0 Å². The van der Waals surface area contributed by atoms with Crippen molar-refractivity contribution in [2.24, 2.45) is 0 Å². The zero-order chi connectivity index (χ0) is 16.9. The second kappa shape index (κ2) is 6.87. The molecule has 2 aromatic carbocycles. The predicted molar refractivity (Wildman–Crippen MR) is 89.4 cm³/mol. The number of hydrogen-bond acceptors (Lipinski definition) is 5. The third-order valence-electron chi connectivity index (χ3n) is 3.44. The van der Waals surface area contributed by atoms with Crippen molar-refractivity contribution in [3.8, 4) is 22.8 Å². The van der Waals surface area contributed by atoms with Crippen molar-refractivity contribution < 1.29 is 18.7 Å². The lowest BCUT2D eigenvalue weighted by molar-refractivity contribution is 0.102. The van der Waals surface area contributed by atoms with Gasteiger partial charge in [0.2, 0.25) is 0 Å². The molecule has 1 heterocycles. The van der Waals surface area contributed by atoms with E-state index in [9.17, 15) is 4.79 Å². The van der Waals surface area contributed by atoms with Gasteiger partial charge in [-0.3, -0.25) is 4.79 Å². The minimum Gasteiger partial charge on any atom is -0.497 e. The summed E-state index contributed by atoms with van der Waals surface area (Å²) in [6.45, 7) is 0. The molecule has 1 N–H and O–H groups in total. The molecular formula is C18H16N2O4. The van der Waals surface area contributed by atoms with Crippen molar-refractivity contribution in [3.05, 3.63) is 60.6 Å². The molecule has 1 aromatic heterocycles. The maximum atomic E-state index is 12.5. The number of benzene rings is 2. The van der Waals surface area contributed by atoms with Gasteiger partial charge in [0.05, 0.1) is 14.2 Å². The Kier molecular flexibility index (Phi) is 4.47. The lowest BCUT2D eigenvalue weighted by atomic mass is 10.1. The molecule has 0 aliphatic rings. The van der Waals surface area contributed by atoms with Crippen LogP contribution in [0.5, 0.6) is 11.5 Å². The van der Waals surface area contributed by atoms with Crippen LogP contribution in [0.15, 0.2) is 59.3 Å². The van der Waals surface area contributed by atoms with E-state index < -0.39 is 0 Å². The highest BCUT2D eigenvalue weighted by Crippen LogP contribution is 2.27. The Morgan fingerprint density at radius 3 is 2.50 bits per heavy atom. The zero-order valence-electron chi connectivity index (χ0n) is 13.3. The van der Waals surface area contributed by atoms with Gasteiger partial charge in [-0.2, -0.15) is 0 Å². The van der Waals surface area contributed by atoms with Crippen molar-refractivity contribution in [1.29, 1.82) is 0 Å². The molecule has 1 amide bonds. The number of amides is 1. The molecule has 0 aliphatic carbocycles. The van der Waals surface area contributed by atoms with Crippen molar-refractivity contribution in [2.45, 2.75) is 0 Å². The maximum Gasteiger partial charge on any atom is 0.278 e. The molecule has 122 valence electrons. The van der Waals surface area contributed by atoms with Gasteiger partial charge in [0.15, 0.2) is 17.8 Å². The molecule has 24 heavy (non-hydrogen) atoms. The van der Waals surface area contributed by atoms with E-state index in [0.29, 0.717) is 28.5 Å². The topological polar surface area (TPSA) is 73.6 Å². The summed E-state index contributed by atoms with van der Waals surface area (Å²) in [5.41, 5.74) is 1.52. The Bertz CT molecular complexity index is 857. The molecule has 0 atom stereocenters. The number of nitrogens with one attached hydrogen (secondary N) is 1. The van der Waals surface area contributed by atoms with Crippen LogP contribution in [0, 0.1) is 0 Å². The number of nitrogens with zero attached hydrogens (tertiary/aromatic N) is 1. The third kappa shape index (κ3) is 3.22. The number of hydrogen-bond donors (Lipinski definition) is 1. The van der Waals surface area contributed by atoms with Crippen LogP contribution in [0.1, 0.15) is 10.5 Å². The maximum absolute atomic E-state index is 12.5. The van der Waals surface area contributed by atoms with E-state index >= 15 is 0 Å². The molecule has 3 rings (SSSR count). The van der Waals surface area contributed by atoms with Gasteiger partial charge in [-0.25, -0.2) is 4.98 Å². The van der Waals surface area contributed by atoms with Gasteiger partial charge in [0.1, 0.15) is 11.5 Å². The molecule has 0 unspecified atom stereocenters. The molecule has 0 saturated heterocycles. The van der Waals surface area contributed by atoms with E-state index in [0.717, 1.165) is 0 Å². The summed E-state index contributed by atoms with van der Waals surface area (Å²) in [6, 6.07) is 14.3. The number of rotatable bonds is 5. The molecule has 0 saturated carbocycles. The van der Waals surface area contributed by atoms with E-state index in [1.54, 1.807) is 44.6 Å². The molecule has 6 heteroatoms. The van der Waals surface area contributed by atoms with Crippen LogP contribution in [0.25, 0.3) is 11.3 Å². The van der Waals surface area contributed by atoms with Gasteiger partial charge in [-0.15, -0.1) is 0 Å². The van der Waals surface area contributed by atoms with Crippen LogP contribution in [0.2, 0.25) is 0 Å². The first-order valence-corrected chi connectivity index (χ1v) is 7.24. The summed E-state index contributed by atoms with van der Waals surface area (Å²) < 4.78 is 15.7. The zero-order valence-corrected chi connectivity index (χ0v) is 13.3. The Balaban J connectivity index is 1.87. The smallest absolute Gasteiger partial charge is 0.278 e. The first-order chi connectivity index (χ1) is 11.7. The van der Waals surface area contributed by atoms with Gasteiger partial charge in [0, 0.05) is 17.3 Å². The fourth-order valence-electron chi connectivity index (χ4n) is 2.27. The predicted octanol–water partition coefficient (Wildman–Crippen LogP) is 3.61. The van der Waals surface area contributed by atoms with Crippen LogP contribution >= 0.6 is 0 Å². The highest BCUT2D eigenvalue weighted by atomic mass is 16.5. The fraction of sp³-hybridized carbons (Fsp3) is 0.111. The molecule has 3 aromatic rings. The SMILES string of the molecule is COc1cccc(NC(=O)c2ncoc2-c2cccc(OC)c2)c1. The number of aromatic nitrogens is 1. The van der Waals surface area contributed by atoms with Gasteiger partial charge in [-0.05, 0) is 24.3 Å². The van der Waals surface area contributed by atoms with Crippen molar-refractivity contribution in [1.82, 2.24) is 4.98 Å². The fourth-order valence-corrected chi connectivity index (χ4v) is 2.27. The molecule has 0 radical (unpaired) electrons. The molecule has 6 nitrogen and oxygen atoms in total. The molecule has 0 aliphatic heterocycles. The largest absolute Gasteiger partial charge is 0.497 e. The standard InChI is InChI=1S/C18H16N2O4/c1-22-14-7-3-5-12(9-14)17-16(19-11-24-17)18(21)20-13-6-4-8-15(10-13)23-2/h3-11H,1-2H3,(H,20,21). The normalized spacial score (nSPS) is 10.2. The van der Waals surface area contributed by atoms with E-state index in [-0.39, 0.29) is 11.6 Å². The van der Waals surface area contributed by atoms with Crippen LogP contribution in [-0.4, -0.2) is 25.1 Å². The van der Waals surface area contributed by atoms with Crippen molar-refractivity contribution in [3.63, 3.8) is 0 Å². The van der Waals surface area contributed by atoms with Gasteiger partial charge in [0.25, 0.3) is 5.91 Å². The average molecular weight is 324 g/mol. The van der Waals surface area contributed by atoms with Gasteiger partial charge in [-0.1, -0.05) is 18.2 Å². The number of oxazole rings is 1. The van der Waals surface area contributed by atoms with Gasteiger partial charge < -0.3 is 19.2 Å². The number of ether oxygens (including phenoxy) is 2. The lowest BCUT2D eigenvalue weighted by Gasteiger charge is -2.07. The number of methoxy groups -OCH3 is 2. The summed E-state index contributed by atoms with van der Waals surface area (Å²) in [4.78, 5) is 16.6. The Hall–Kier alpha value is -3.28. The lowest BCUT2D eigenvalue weighted by Crippen LogP contribution is -2.13. The summed E-state index contributed by atoms with van der Waals surface area (Å²) in [7, 11) is 3.15. The Morgan fingerprint density at radius 1 is 1.04 bits per heavy atom. The third-order valence-corrected chi connectivity index (χ3v) is 3.44. The number of carbonyl (C=O) groups is 1. The molecule has 0 bridgehead atoms. The Morgan fingerprint density at radius 2 is 1.75 bits per heavy atom. The Labute approximate surface area is 139 Å². The van der Waals surface area contributed by atoms with Crippen LogP contribution in [-0.2, 0) is 0 Å². The molecular weight excluding hydrogens is 308 g/mol. The van der Waals surface area contributed by atoms with Crippen LogP contribution in [0.4, 0.5) is 5.69 Å². The summed E-state index contributed by atoms with van der Waals surface area (Å²) >= 11 is 0. The molecule has 0 spiro atoms. The minimum atomic E-state index is -0.366. The summed E-state index contributed by atoms with van der Waals surface area (Å²) in [6.07, 6.45) is 1.25. The highest BCUT2D eigenvalue weighted by molar-refractivity contribution is 6.06. The van der Waals surface area contributed by atoms with Crippen molar-refractivity contribution >= 4 is 11.6 Å². The number of anilines is 1. The number of carbonyl (C=O) groups excluding carboxylic acids is 1. The quantitative estimate of drug-likeness (QED) is 0.776. The summed E-state index contributed by atoms with van der Waals surface area (Å²) in [5.74, 6) is 1.34. The van der Waals surface area contributed by atoms with E-state index in [2.05, 4.69) is 10.3 Å². The average Bonchev–Trinajstić information content (AvgIpc) is 3.12. The monoisotopic (exact) mass is 324 g/mol. The van der Waals surface area contributed by atoms with E-state index in [1.807, 2.05) is 18.2 Å². The first kappa shape index (κ1) is 15.6. The first-order valence-electron chi connectivity index (χ1n) is 7.24.